The van der Waals surface area contributed by atoms with Crippen LogP contribution in [-0.2, 0) is 9.84 Å². The lowest BCUT2D eigenvalue weighted by Crippen LogP contribution is -2.53. The first-order chi connectivity index (χ1) is 5.27. The van der Waals surface area contributed by atoms with E-state index >= 15 is 0 Å². The molecule has 5 heteroatoms. The summed E-state index contributed by atoms with van der Waals surface area (Å²) < 4.78 is 21.8. The Morgan fingerprint density at radius 3 is 2.00 bits per heavy atom. The molecule has 0 aromatic carbocycles. The van der Waals surface area contributed by atoms with E-state index in [1.807, 2.05) is 6.92 Å². The highest BCUT2D eigenvalue weighted by atomic mass is 32.2. The molecule has 0 fully saturated rings. The van der Waals surface area contributed by atoms with E-state index in [1.165, 1.54) is 6.26 Å². The fraction of sp³-hybridized carbons (Fsp3) is 1.00. The van der Waals surface area contributed by atoms with Gasteiger partial charge in [-0.3, -0.25) is 11.3 Å². The Bertz CT molecular complexity index is 230. The maximum atomic E-state index is 11.3. The molecule has 0 aliphatic rings. The number of nitrogens with one attached hydrogen (secondary N) is 1. The summed E-state index contributed by atoms with van der Waals surface area (Å²) in [6.07, 6.45) is 1.92. The molecule has 1 unspecified atom stereocenters. The summed E-state index contributed by atoms with van der Waals surface area (Å²) in [4.78, 5) is 0. The molecule has 0 bridgehead atoms. The predicted molar refractivity (Wildman–Crippen MR) is 50.3 cm³/mol. The molecular formula is C7H18N2O2S. The number of rotatable bonds is 4. The van der Waals surface area contributed by atoms with E-state index in [1.54, 1.807) is 13.8 Å². The van der Waals surface area contributed by atoms with Gasteiger partial charge in [0.25, 0.3) is 0 Å². The van der Waals surface area contributed by atoms with Gasteiger partial charge in [-0.05, 0) is 20.3 Å². The van der Waals surface area contributed by atoms with Gasteiger partial charge < -0.3 is 0 Å². The van der Waals surface area contributed by atoms with E-state index in [4.69, 9.17) is 5.84 Å². The van der Waals surface area contributed by atoms with Crippen LogP contribution >= 0.6 is 0 Å². The Labute approximate surface area is 74.4 Å². The molecule has 0 aliphatic carbocycles. The quantitative estimate of drug-likeness (QED) is 0.490. The largest absolute Gasteiger partial charge is 0.271 e. The zero-order chi connectivity index (χ0) is 9.99. The average Bonchev–Trinajstić information content (AvgIpc) is 1.87. The molecule has 0 saturated heterocycles. The van der Waals surface area contributed by atoms with Gasteiger partial charge in [0.15, 0.2) is 9.84 Å². The van der Waals surface area contributed by atoms with Crippen molar-refractivity contribution in [3.05, 3.63) is 0 Å². The minimum Gasteiger partial charge on any atom is -0.271 e. The van der Waals surface area contributed by atoms with Gasteiger partial charge in [0.1, 0.15) is 0 Å². The standard InChI is InChI=1S/C7H18N2O2S/c1-5-6(9-8)7(2,3)12(4,10)11/h6,9H,5,8H2,1-4H3. The summed E-state index contributed by atoms with van der Waals surface area (Å²) in [5.74, 6) is 5.25. The van der Waals surface area contributed by atoms with Crippen molar-refractivity contribution in [3.63, 3.8) is 0 Å². The van der Waals surface area contributed by atoms with Gasteiger partial charge in [-0.15, -0.1) is 0 Å². The molecule has 0 aliphatic heterocycles. The van der Waals surface area contributed by atoms with Crippen LogP contribution in [0.5, 0.6) is 0 Å². The van der Waals surface area contributed by atoms with Crippen molar-refractivity contribution in [1.82, 2.24) is 5.43 Å². The molecule has 4 nitrogen and oxygen atoms in total. The van der Waals surface area contributed by atoms with Crippen LogP contribution < -0.4 is 11.3 Å². The SMILES string of the molecule is CCC(NN)C(C)(C)S(C)(=O)=O. The Hall–Kier alpha value is -0.130. The second kappa shape index (κ2) is 3.72. The van der Waals surface area contributed by atoms with Gasteiger partial charge >= 0.3 is 0 Å². The predicted octanol–water partition coefficient (Wildman–Crippen LogP) is 0.0515. The van der Waals surface area contributed by atoms with Gasteiger partial charge in [0.2, 0.25) is 0 Å². The van der Waals surface area contributed by atoms with Crippen LogP contribution in [0.3, 0.4) is 0 Å². The first-order valence-electron chi connectivity index (χ1n) is 3.93. The Morgan fingerprint density at radius 2 is 1.92 bits per heavy atom. The van der Waals surface area contributed by atoms with Gasteiger partial charge in [0, 0.05) is 12.3 Å². The van der Waals surface area contributed by atoms with Crippen molar-refractivity contribution in [2.24, 2.45) is 5.84 Å². The molecule has 0 amide bonds. The second-order valence-electron chi connectivity index (χ2n) is 3.50. The van der Waals surface area contributed by atoms with E-state index in [-0.39, 0.29) is 6.04 Å². The molecule has 12 heavy (non-hydrogen) atoms. The van der Waals surface area contributed by atoms with Crippen molar-refractivity contribution >= 4 is 9.84 Å². The number of nitrogens with two attached hydrogens (primary N) is 1. The first kappa shape index (κ1) is 11.9. The summed E-state index contributed by atoms with van der Waals surface area (Å²) in [7, 11) is -3.07. The van der Waals surface area contributed by atoms with Crippen molar-refractivity contribution in [2.45, 2.75) is 38.0 Å². The third-order valence-corrected chi connectivity index (χ3v) is 4.60. The lowest BCUT2D eigenvalue weighted by molar-refractivity contribution is 0.405. The van der Waals surface area contributed by atoms with E-state index in [0.717, 1.165) is 0 Å². The Morgan fingerprint density at radius 1 is 1.50 bits per heavy atom. The highest BCUT2D eigenvalue weighted by Gasteiger charge is 2.37. The summed E-state index contributed by atoms with van der Waals surface area (Å²) >= 11 is 0. The minimum atomic E-state index is -3.07. The van der Waals surface area contributed by atoms with E-state index < -0.39 is 14.6 Å². The van der Waals surface area contributed by atoms with Gasteiger partial charge in [0.05, 0.1) is 4.75 Å². The third-order valence-electron chi connectivity index (χ3n) is 2.40. The fourth-order valence-electron chi connectivity index (χ4n) is 1.07. The molecule has 74 valence electrons. The fourth-order valence-corrected chi connectivity index (χ4v) is 1.82. The zero-order valence-electron chi connectivity index (χ0n) is 8.09. The van der Waals surface area contributed by atoms with Crippen LogP contribution in [-0.4, -0.2) is 25.5 Å². The minimum absolute atomic E-state index is 0.201. The van der Waals surface area contributed by atoms with Crippen LogP contribution in [0.15, 0.2) is 0 Å². The van der Waals surface area contributed by atoms with Crippen LogP contribution in [0, 0.1) is 0 Å². The molecule has 0 rings (SSSR count). The van der Waals surface area contributed by atoms with E-state index in [9.17, 15) is 8.42 Å². The van der Waals surface area contributed by atoms with Crippen LogP contribution in [0.4, 0.5) is 0 Å². The number of hydrogen-bond acceptors (Lipinski definition) is 4. The van der Waals surface area contributed by atoms with Crippen molar-refractivity contribution in [1.29, 1.82) is 0 Å². The number of sulfone groups is 1. The maximum absolute atomic E-state index is 11.3. The average molecular weight is 194 g/mol. The van der Waals surface area contributed by atoms with Crippen molar-refractivity contribution in [2.75, 3.05) is 6.26 Å². The molecule has 0 radical (unpaired) electrons. The molecule has 0 saturated carbocycles. The Balaban J connectivity index is 4.83. The maximum Gasteiger partial charge on any atom is 0.154 e. The van der Waals surface area contributed by atoms with Gasteiger partial charge in [-0.1, -0.05) is 6.92 Å². The smallest absolute Gasteiger partial charge is 0.154 e. The molecule has 0 aromatic rings. The van der Waals surface area contributed by atoms with Crippen LogP contribution in [0.1, 0.15) is 27.2 Å². The third kappa shape index (κ3) is 2.18. The molecule has 1 atom stereocenters. The number of hydrazine groups is 1. The van der Waals surface area contributed by atoms with Crippen molar-refractivity contribution in [3.8, 4) is 0 Å². The van der Waals surface area contributed by atoms with E-state index in [0.29, 0.717) is 6.42 Å². The Kier molecular flexibility index (Phi) is 3.68. The van der Waals surface area contributed by atoms with E-state index in [2.05, 4.69) is 5.43 Å². The molecule has 3 N–H and O–H groups in total. The van der Waals surface area contributed by atoms with Gasteiger partial charge in [-0.2, -0.15) is 0 Å². The van der Waals surface area contributed by atoms with Crippen molar-refractivity contribution < 1.29 is 8.42 Å². The molecular weight excluding hydrogens is 176 g/mol. The summed E-state index contributed by atoms with van der Waals surface area (Å²) in [6, 6.07) is -0.201. The topological polar surface area (TPSA) is 72.2 Å². The molecule has 0 heterocycles. The van der Waals surface area contributed by atoms with Gasteiger partial charge in [-0.25, -0.2) is 8.42 Å². The second-order valence-corrected chi connectivity index (χ2v) is 6.10. The monoisotopic (exact) mass is 194 g/mol. The van der Waals surface area contributed by atoms with Crippen LogP contribution in [0.2, 0.25) is 0 Å². The highest BCUT2D eigenvalue weighted by molar-refractivity contribution is 7.92. The lowest BCUT2D eigenvalue weighted by Gasteiger charge is -2.31. The zero-order valence-corrected chi connectivity index (χ0v) is 8.90. The normalized spacial score (nSPS) is 16.1. The molecule has 0 spiro atoms. The highest BCUT2D eigenvalue weighted by Crippen LogP contribution is 2.21. The summed E-state index contributed by atoms with van der Waals surface area (Å²) in [5.41, 5.74) is 2.52. The first-order valence-corrected chi connectivity index (χ1v) is 5.82. The molecule has 0 aromatic heterocycles. The lowest BCUT2D eigenvalue weighted by atomic mass is 10.0. The van der Waals surface area contributed by atoms with Crippen LogP contribution in [0.25, 0.3) is 0 Å². The summed E-state index contributed by atoms with van der Waals surface area (Å²) in [6.45, 7) is 5.25. The summed E-state index contributed by atoms with van der Waals surface area (Å²) in [5, 5.41) is 0. The number of hydrogen-bond donors (Lipinski definition) is 2.